The number of hydrogen-bond donors (Lipinski definition) is 1. The molecule has 0 bridgehead atoms. The van der Waals surface area contributed by atoms with Gasteiger partial charge in [0.25, 0.3) is 0 Å². The molecule has 0 unspecified atom stereocenters. The summed E-state index contributed by atoms with van der Waals surface area (Å²) in [6.07, 6.45) is 3.06. The lowest BCUT2D eigenvalue weighted by Gasteiger charge is -2.06. The molecule has 0 aliphatic heterocycles. The zero-order valence-electron chi connectivity index (χ0n) is 11.2. The fraction of sp³-hybridized carbons (Fsp3) is 0.0588. The van der Waals surface area contributed by atoms with Crippen LogP contribution in [0, 0.1) is 0 Å². The Hall–Kier alpha value is -2.88. The fourth-order valence-corrected chi connectivity index (χ4v) is 1.75. The van der Waals surface area contributed by atoms with Gasteiger partial charge >= 0.3 is 5.97 Å². The lowest BCUT2D eigenvalue weighted by molar-refractivity contribution is -0.139. The molecule has 0 saturated heterocycles. The molecule has 0 radical (unpaired) electrons. The van der Waals surface area contributed by atoms with Crippen molar-refractivity contribution in [1.29, 1.82) is 0 Å². The lowest BCUT2D eigenvalue weighted by Crippen LogP contribution is -2.09. The van der Waals surface area contributed by atoms with Gasteiger partial charge in [-0.05, 0) is 18.2 Å². The van der Waals surface area contributed by atoms with E-state index in [-0.39, 0.29) is 5.78 Å². The van der Waals surface area contributed by atoms with E-state index < -0.39 is 12.6 Å². The van der Waals surface area contributed by atoms with E-state index in [1.165, 1.54) is 6.08 Å². The van der Waals surface area contributed by atoms with Crippen LogP contribution >= 0.6 is 0 Å². The van der Waals surface area contributed by atoms with Crippen LogP contribution in [-0.4, -0.2) is 23.5 Å². The molecule has 0 aliphatic carbocycles. The van der Waals surface area contributed by atoms with Crippen LogP contribution in [0.4, 0.5) is 0 Å². The lowest BCUT2D eigenvalue weighted by atomic mass is 10.1. The van der Waals surface area contributed by atoms with Gasteiger partial charge in [-0.15, -0.1) is 0 Å². The maximum absolute atomic E-state index is 12.0. The number of para-hydroxylation sites is 1. The Labute approximate surface area is 122 Å². The third-order valence-electron chi connectivity index (χ3n) is 2.74. The number of carbonyl (C=O) groups is 2. The van der Waals surface area contributed by atoms with Crippen molar-refractivity contribution in [1.82, 2.24) is 0 Å². The van der Waals surface area contributed by atoms with Crippen molar-refractivity contribution < 1.29 is 19.4 Å². The Balaban J connectivity index is 2.13. The molecule has 1 N–H and O–H groups in total. The number of carboxylic acids is 1. The van der Waals surface area contributed by atoms with Gasteiger partial charge in [-0.25, -0.2) is 4.79 Å². The highest BCUT2D eigenvalue weighted by Crippen LogP contribution is 2.19. The van der Waals surface area contributed by atoms with Gasteiger partial charge in [-0.2, -0.15) is 0 Å². The summed E-state index contributed by atoms with van der Waals surface area (Å²) in [5.41, 5.74) is 1.25. The van der Waals surface area contributed by atoms with Gasteiger partial charge in [0.1, 0.15) is 5.75 Å². The van der Waals surface area contributed by atoms with Crippen molar-refractivity contribution in [3.63, 3.8) is 0 Å². The molecule has 106 valence electrons. The van der Waals surface area contributed by atoms with Crippen molar-refractivity contribution in [2.75, 3.05) is 6.61 Å². The Bertz CT molecular complexity index is 660. The van der Waals surface area contributed by atoms with Crippen molar-refractivity contribution in [2.45, 2.75) is 0 Å². The van der Waals surface area contributed by atoms with Crippen LogP contribution in [0.5, 0.6) is 5.75 Å². The zero-order chi connectivity index (χ0) is 15.1. The smallest absolute Gasteiger partial charge is 0.341 e. The van der Waals surface area contributed by atoms with E-state index in [0.717, 1.165) is 0 Å². The molecule has 4 nitrogen and oxygen atoms in total. The number of allylic oxidation sites excluding steroid dienone is 1. The normalized spacial score (nSPS) is 10.5. The van der Waals surface area contributed by atoms with E-state index in [1.807, 2.05) is 6.07 Å². The first kappa shape index (κ1) is 14.5. The number of carboxylic acid groups (broad SMARTS) is 1. The number of carbonyl (C=O) groups excluding carboxylic acids is 1. The van der Waals surface area contributed by atoms with Crippen LogP contribution in [0.2, 0.25) is 0 Å². The van der Waals surface area contributed by atoms with E-state index in [9.17, 15) is 9.59 Å². The van der Waals surface area contributed by atoms with Gasteiger partial charge < -0.3 is 9.84 Å². The van der Waals surface area contributed by atoms with Crippen LogP contribution < -0.4 is 4.74 Å². The minimum Gasteiger partial charge on any atom is -0.481 e. The fourth-order valence-electron chi connectivity index (χ4n) is 1.75. The van der Waals surface area contributed by atoms with Crippen LogP contribution in [-0.2, 0) is 4.79 Å². The molecule has 2 aromatic carbocycles. The van der Waals surface area contributed by atoms with Gasteiger partial charge in [0, 0.05) is 11.1 Å². The maximum Gasteiger partial charge on any atom is 0.341 e. The van der Waals surface area contributed by atoms with Crippen molar-refractivity contribution in [2.24, 2.45) is 0 Å². The van der Waals surface area contributed by atoms with E-state index >= 15 is 0 Å². The molecule has 0 fully saturated rings. The number of hydrogen-bond acceptors (Lipinski definition) is 3. The summed E-state index contributed by atoms with van der Waals surface area (Å²) in [6.45, 7) is -0.419. The van der Waals surface area contributed by atoms with Gasteiger partial charge in [-0.1, -0.05) is 48.5 Å². The first-order valence-electron chi connectivity index (χ1n) is 6.38. The van der Waals surface area contributed by atoms with E-state index in [4.69, 9.17) is 9.84 Å². The SMILES string of the molecule is O=C(O)COc1ccccc1/C=C/C(=O)c1ccccc1. The Morgan fingerprint density at radius 2 is 1.67 bits per heavy atom. The number of benzene rings is 2. The first-order chi connectivity index (χ1) is 10.2. The standard InChI is InChI=1S/C17H14O4/c18-15(13-6-2-1-3-7-13)11-10-14-8-4-5-9-16(14)21-12-17(19)20/h1-11H,12H2,(H,19,20)/b11-10+. The predicted octanol–water partition coefficient (Wildman–Crippen LogP) is 3.05. The van der Waals surface area contributed by atoms with Crippen molar-refractivity contribution >= 4 is 17.8 Å². The summed E-state index contributed by atoms with van der Waals surface area (Å²) in [5, 5.41) is 8.64. The summed E-state index contributed by atoms with van der Waals surface area (Å²) in [4.78, 5) is 22.5. The zero-order valence-corrected chi connectivity index (χ0v) is 11.2. The van der Waals surface area contributed by atoms with Gasteiger partial charge in [0.15, 0.2) is 12.4 Å². The monoisotopic (exact) mass is 282 g/mol. The third-order valence-corrected chi connectivity index (χ3v) is 2.74. The van der Waals surface area contributed by atoms with Crippen LogP contribution in [0.1, 0.15) is 15.9 Å². The molecule has 0 atom stereocenters. The average molecular weight is 282 g/mol. The minimum atomic E-state index is -1.05. The van der Waals surface area contributed by atoms with E-state index in [2.05, 4.69) is 0 Å². The second-order valence-corrected chi connectivity index (χ2v) is 4.28. The summed E-state index contributed by atoms with van der Waals surface area (Å²) < 4.78 is 5.17. The van der Waals surface area contributed by atoms with Crippen LogP contribution in [0.3, 0.4) is 0 Å². The number of ketones is 1. The first-order valence-corrected chi connectivity index (χ1v) is 6.38. The Kier molecular flexibility index (Phi) is 4.88. The Morgan fingerprint density at radius 1 is 1.00 bits per heavy atom. The van der Waals surface area contributed by atoms with Crippen LogP contribution in [0.15, 0.2) is 60.7 Å². The molecule has 0 aromatic heterocycles. The summed E-state index contributed by atoms with van der Waals surface area (Å²) in [5.74, 6) is -0.741. The van der Waals surface area contributed by atoms with Crippen LogP contribution in [0.25, 0.3) is 6.08 Å². The second kappa shape index (κ2) is 7.05. The molecule has 21 heavy (non-hydrogen) atoms. The number of rotatable bonds is 6. The van der Waals surface area contributed by atoms with Gasteiger partial charge in [-0.3, -0.25) is 4.79 Å². The van der Waals surface area contributed by atoms with Gasteiger partial charge in [0.2, 0.25) is 0 Å². The highest BCUT2D eigenvalue weighted by molar-refractivity contribution is 6.06. The highest BCUT2D eigenvalue weighted by Gasteiger charge is 2.04. The van der Waals surface area contributed by atoms with Crippen molar-refractivity contribution in [3.05, 3.63) is 71.8 Å². The predicted molar refractivity (Wildman–Crippen MR) is 79.4 cm³/mol. The molecule has 4 heteroatoms. The molecule has 0 amide bonds. The maximum atomic E-state index is 12.0. The molecular formula is C17H14O4. The topological polar surface area (TPSA) is 63.6 Å². The Morgan fingerprint density at radius 3 is 2.38 bits per heavy atom. The van der Waals surface area contributed by atoms with E-state index in [0.29, 0.717) is 16.9 Å². The minimum absolute atomic E-state index is 0.122. The largest absolute Gasteiger partial charge is 0.481 e. The molecule has 0 aliphatic rings. The van der Waals surface area contributed by atoms with Crippen molar-refractivity contribution in [3.8, 4) is 5.75 Å². The highest BCUT2D eigenvalue weighted by atomic mass is 16.5. The average Bonchev–Trinajstić information content (AvgIpc) is 2.52. The number of ether oxygens (including phenoxy) is 1. The molecular weight excluding hydrogens is 268 g/mol. The summed E-state index contributed by atoms with van der Waals surface area (Å²) >= 11 is 0. The quantitative estimate of drug-likeness (QED) is 0.653. The number of aliphatic carboxylic acids is 1. The molecule has 0 heterocycles. The molecule has 0 saturated carbocycles. The molecule has 2 rings (SSSR count). The summed E-state index contributed by atoms with van der Waals surface area (Å²) in [6, 6.07) is 15.9. The summed E-state index contributed by atoms with van der Waals surface area (Å²) in [7, 11) is 0. The third kappa shape index (κ3) is 4.31. The molecule has 0 spiro atoms. The molecule has 2 aromatic rings. The van der Waals surface area contributed by atoms with Gasteiger partial charge in [0.05, 0.1) is 0 Å². The van der Waals surface area contributed by atoms with E-state index in [1.54, 1.807) is 54.6 Å². The second-order valence-electron chi connectivity index (χ2n) is 4.28.